The molecule has 100 valence electrons. The summed E-state index contributed by atoms with van der Waals surface area (Å²) in [5.74, 6) is -0.706. The zero-order valence-corrected chi connectivity index (χ0v) is 10.6. The summed E-state index contributed by atoms with van der Waals surface area (Å²) in [6.45, 7) is 3.23. The lowest BCUT2D eigenvalue weighted by molar-refractivity contribution is 0.130. The Balaban J connectivity index is 3.08. The van der Waals surface area contributed by atoms with E-state index in [-0.39, 0.29) is 10.6 Å². The summed E-state index contributed by atoms with van der Waals surface area (Å²) in [5.41, 5.74) is -0.261. The van der Waals surface area contributed by atoms with Crippen LogP contribution in [0.4, 0.5) is 14.9 Å². The largest absolute Gasteiger partial charge is 0.447 e. The number of halogens is 1. The Hall–Kier alpha value is -1.67. The van der Waals surface area contributed by atoms with Gasteiger partial charge in [-0.25, -0.2) is 22.7 Å². The van der Waals surface area contributed by atoms with Gasteiger partial charge in [-0.2, -0.15) is 0 Å². The molecule has 1 aromatic carbocycles. The third-order valence-electron chi connectivity index (χ3n) is 1.83. The second-order valence-corrected chi connectivity index (χ2v) is 5.29. The van der Waals surface area contributed by atoms with Crippen molar-refractivity contribution in [2.24, 2.45) is 5.14 Å². The van der Waals surface area contributed by atoms with Crippen molar-refractivity contribution in [2.75, 3.05) is 5.32 Å². The van der Waals surface area contributed by atoms with Crippen molar-refractivity contribution in [3.8, 4) is 0 Å². The van der Waals surface area contributed by atoms with Gasteiger partial charge in [0, 0.05) is 0 Å². The number of carbonyl (C=O) groups excluding carboxylic acids is 1. The fraction of sp³-hybridized carbons (Fsp3) is 0.300. The van der Waals surface area contributed by atoms with Crippen molar-refractivity contribution < 1.29 is 22.3 Å². The number of ether oxygens (including phenoxy) is 1. The van der Waals surface area contributed by atoms with Gasteiger partial charge in [-0.15, -0.1) is 0 Å². The number of primary sulfonamides is 1. The molecule has 8 heteroatoms. The fourth-order valence-corrected chi connectivity index (χ4v) is 1.88. The average molecular weight is 276 g/mol. The first-order valence-corrected chi connectivity index (χ1v) is 6.55. The molecule has 0 aliphatic rings. The number of hydrogen-bond acceptors (Lipinski definition) is 4. The molecule has 0 radical (unpaired) electrons. The summed E-state index contributed by atoms with van der Waals surface area (Å²) in [5, 5.41) is 7.07. The molecule has 3 N–H and O–H groups in total. The van der Waals surface area contributed by atoms with Gasteiger partial charge in [0.05, 0.1) is 11.8 Å². The number of amides is 1. The van der Waals surface area contributed by atoms with Crippen LogP contribution in [0.1, 0.15) is 13.8 Å². The maximum Gasteiger partial charge on any atom is 0.411 e. The predicted molar refractivity (Wildman–Crippen MR) is 63.0 cm³/mol. The SMILES string of the molecule is CC(C)OC(=O)Nc1cc(F)ccc1S(N)(=O)=O. The molecular formula is C10H13FN2O4S. The first kappa shape index (κ1) is 14.4. The lowest BCUT2D eigenvalue weighted by Crippen LogP contribution is -2.21. The third-order valence-corrected chi connectivity index (χ3v) is 2.80. The lowest BCUT2D eigenvalue weighted by atomic mass is 10.3. The van der Waals surface area contributed by atoms with Crippen LogP contribution >= 0.6 is 0 Å². The molecule has 0 bridgehead atoms. The van der Waals surface area contributed by atoms with Crippen LogP contribution in [0, 0.1) is 5.82 Å². The predicted octanol–water partition coefficient (Wildman–Crippen LogP) is 1.43. The molecule has 0 aliphatic carbocycles. The molecule has 1 amide bonds. The minimum absolute atomic E-state index is 0.261. The highest BCUT2D eigenvalue weighted by molar-refractivity contribution is 7.89. The van der Waals surface area contributed by atoms with Crippen molar-refractivity contribution in [1.82, 2.24) is 0 Å². The minimum atomic E-state index is -4.06. The maximum atomic E-state index is 13.0. The summed E-state index contributed by atoms with van der Waals surface area (Å²) < 4.78 is 40.2. The molecule has 0 fully saturated rings. The number of sulfonamides is 1. The molecule has 0 unspecified atom stereocenters. The molecule has 6 nitrogen and oxygen atoms in total. The molecule has 0 aromatic heterocycles. The van der Waals surface area contributed by atoms with E-state index in [1.165, 1.54) is 0 Å². The molecule has 1 rings (SSSR count). The van der Waals surface area contributed by atoms with E-state index in [2.05, 4.69) is 5.32 Å². The van der Waals surface area contributed by atoms with E-state index in [0.29, 0.717) is 0 Å². The normalized spacial score (nSPS) is 11.4. The summed E-state index contributed by atoms with van der Waals surface area (Å²) >= 11 is 0. The smallest absolute Gasteiger partial charge is 0.411 e. The van der Waals surface area contributed by atoms with Gasteiger partial charge < -0.3 is 4.74 Å². The van der Waals surface area contributed by atoms with Crippen LogP contribution in [0.15, 0.2) is 23.1 Å². The monoisotopic (exact) mass is 276 g/mol. The third kappa shape index (κ3) is 3.97. The first-order chi connectivity index (χ1) is 8.20. The fourth-order valence-electron chi connectivity index (χ4n) is 1.20. The Labute approximate surface area is 104 Å². The van der Waals surface area contributed by atoms with Gasteiger partial charge in [0.2, 0.25) is 10.0 Å². The van der Waals surface area contributed by atoms with E-state index in [4.69, 9.17) is 9.88 Å². The molecule has 0 atom stereocenters. The minimum Gasteiger partial charge on any atom is -0.447 e. The summed E-state index contributed by atoms with van der Waals surface area (Å²) in [4.78, 5) is 10.9. The van der Waals surface area contributed by atoms with Gasteiger partial charge >= 0.3 is 6.09 Å². The summed E-state index contributed by atoms with van der Waals surface area (Å²) in [6, 6.07) is 2.75. The van der Waals surface area contributed by atoms with Gasteiger partial charge in [-0.3, -0.25) is 5.32 Å². The first-order valence-electron chi connectivity index (χ1n) is 5.00. The number of carbonyl (C=O) groups is 1. The Morgan fingerprint density at radius 1 is 1.44 bits per heavy atom. The van der Waals surface area contributed by atoms with Crippen molar-refractivity contribution in [1.29, 1.82) is 0 Å². The topological polar surface area (TPSA) is 98.5 Å². The van der Waals surface area contributed by atoms with Crippen LogP contribution in [0.5, 0.6) is 0 Å². The maximum absolute atomic E-state index is 13.0. The van der Waals surface area contributed by atoms with Crippen molar-refractivity contribution >= 4 is 21.8 Å². The summed E-state index contributed by atoms with van der Waals surface area (Å²) in [6.07, 6.45) is -1.28. The quantitative estimate of drug-likeness (QED) is 0.872. The van der Waals surface area contributed by atoms with E-state index in [9.17, 15) is 17.6 Å². The molecule has 0 saturated carbocycles. The standard InChI is InChI=1S/C10H13FN2O4S/c1-6(2)17-10(14)13-8-5-7(11)3-4-9(8)18(12,15)16/h3-6H,1-2H3,(H,13,14)(H2,12,15,16). The van der Waals surface area contributed by atoms with E-state index in [1.54, 1.807) is 13.8 Å². The molecular weight excluding hydrogens is 263 g/mol. The number of nitrogens with one attached hydrogen (secondary N) is 1. The number of benzene rings is 1. The zero-order chi connectivity index (χ0) is 13.9. The second-order valence-electron chi connectivity index (χ2n) is 3.76. The van der Waals surface area contributed by atoms with Gasteiger partial charge in [-0.05, 0) is 32.0 Å². The highest BCUT2D eigenvalue weighted by atomic mass is 32.2. The Kier molecular flexibility index (Phi) is 4.25. The Morgan fingerprint density at radius 2 is 2.06 bits per heavy atom. The Bertz CT molecular complexity index is 557. The number of rotatable bonds is 3. The van der Waals surface area contributed by atoms with Gasteiger partial charge in [0.15, 0.2) is 0 Å². The van der Waals surface area contributed by atoms with Gasteiger partial charge in [-0.1, -0.05) is 0 Å². The molecule has 0 saturated heterocycles. The van der Waals surface area contributed by atoms with E-state index < -0.39 is 28.0 Å². The lowest BCUT2D eigenvalue weighted by Gasteiger charge is -2.12. The van der Waals surface area contributed by atoms with E-state index in [0.717, 1.165) is 18.2 Å². The van der Waals surface area contributed by atoms with Crippen molar-refractivity contribution in [2.45, 2.75) is 24.8 Å². The van der Waals surface area contributed by atoms with Crippen molar-refractivity contribution in [3.63, 3.8) is 0 Å². The van der Waals surface area contributed by atoms with Crippen LogP contribution in [0.3, 0.4) is 0 Å². The van der Waals surface area contributed by atoms with Crippen LogP contribution < -0.4 is 10.5 Å². The van der Waals surface area contributed by atoms with Crippen molar-refractivity contribution in [3.05, 3.63) is 24.0 Å². The molecule has 0 aliphatic heterocycles. The Morgan fingerprint density at radius 3 is 2.56 bits per heavy atom. The van der Waals surface area contributed by atoms with Crippen LogP contribution in [-0.2, 0) is 14.8 Å². The number of hydrogen-bond donors (Lipinski definition) is 2. The number of nitrogens with two attached hydrogens (primary N) is 1. The zero-order valence-electron chi connectivity index (χ0n) is 9.81. The second kappa shape index (κ2) is 5.32. The van der Waals surface area contributed by atoms with Crippen LogP contribution in [0.2, 0.25) is 0 Å². The van der Waals surface area contributed by atoms with E-state index >= 15 is 0 Å². The molecule has 1 aromatic rings. The average Bonchev–Trinajstić information content (AvgIpc) is 2.13. The van der Waals surface area contributed by atoms with Crippen LogP contribution in [-0.4, -0.2) is 20.6 Å². The van der Waals surface area contributed by atoms with Gasteiger partial charge in [0.1, 0.15) is 10.7 Å². The summed E-state index contributed by atoms with van der Waals surface area (Å²) in [7, 11) is -4.06. The molecule has 0 spiro atoms. The number of anilines is 1. The highest BCUT2D eigenvalue weighted by Crippen LogP contribution is 2.21. The van der Waals surface area contributed by atoms with E-state index in [1.807, 2.05) is 0 Å². The molecule has 18 heavy (non-hydrogen) atoms. The van der Waals surface area contributed by atoms with Crippen LogP contribution in [0.25, 0.3) is 0 Å². The molecule has 0 heterocycles. The highest BCUT2D eigenvalue weighted by Gasteiger charge is 2.17. The van der Waals surface area contributed by atoms with Gasteiger partial charge in [0.25, 0.3) is 0 Å².